The third-order valence-electron chi connectivity index (χ3n) is 3.15. The van der Waals surface area contributed by atoms with Crippen molar-refractivity contribution >= 4 is 39.1 Å². The quantitative estimate of drug-likeness (QED) is 0.771. The molecule has 0 fully saturated rings. The Morgan fingerprint density at radius 2 is 1.95 bits per heavy atom. The highest BCUT2D eigenvalue weighted by atomic mass is 79.9. The van der Waals surface area contributed by atoms with Crippen LogP contribution in [0.4, 0.5) is 5.69 Å². The summed E-state index contributed by atoms with van der Waals surface area (Å²) in [5.41, 5.74) is 1.79. The Balaban J connectivity index is 2.04. The molecule has 2 aromatic carbocycles. The highest BCUT2D eigenvalue weighted by molar-refractivity contribution is 9.10. The lowest BCUT2D eigenvalue weighted by Gasteiger charge is -2.17. The Morgan fingerprint density at radius 3 is 2.55 bits per heavy atom. The summed E-state index contributed by atoms with van der Waals surface area (Å²) in [5.74, 6) is 0.489. The first-order valence-corrected chi connectivity index (χ1v) is 8.16. The van der Waals surface area contributed by atoms with Crippen LogP contribution in [0.25, 0.3) is 0 Å². The first-order valence-electron chi connectivity index (χ1n) is 6.99. The predicted molar refractivity (Wildman–Crippen MR) is 93.7 cm³/mol. The van der Waals surface area contributed by atoms with Crippen molar-refractivity contribution in [2.75, 3.05) is 5.32 Å². The molecule has 0 aliphatic rings. The van der Waals surface area contributed by atoms with Crippen molar-refractivity contribution in [1.29, 1.82) is 0 Å². The van der Waals surface area contributed by atoms with E-state index in [0.717, 1.165) is 10.0 Å². The largest absolute Gasteiger partial charge is 0.481 e. The van der Waals surface area contributed by atoms with Gasteiger partial charge in [-0.2, -0.15) is 0 Å². The van der Waals surface area contributed by atoms with Crippen LogP contribution in [0.3, 0.4) is 0 Å². The molecule has 22 heavy (non-hydrogen) atoms. The van der Waals surface area contributed by atoms with E-state index in [2.05, 4.69) is 21.2 Å². The van der Waals surface area contributed by atoms with Crippen molar-refractivity contribution in [3.8, 4) is 5.75 Å². The summed E-state index contributed by atoms with van der Waals surface area (Å²) in [7, 11) is 0. The summed E-state index contributed by atoms with van der Waals surface area (Å²) >= 11 is 9.34. The van der Waals surface area contributed by atoms with Crippen molar-refractivity contribution in [2.45, 2.75) is 26.4 Å². The molecule has 0 heterocycles. The van der Waals surface area contributed by atoms with E-state index in [1.165, 1.54) is 0 Å². The molecule has 2 rings (SSSR count). The second kappa shape index (κ2) is 7.65. The Labute approximate surface area is 143 Å². The van der Waals surface area contributed by atoms with Crippen LogP contribution in [0.2, 0.25) is 5.02 Å². The maximum absolute atomic E-state index is 12.3. The maximum atomic E-state index is 12.3. The summed E-state index contributed by atoms with van der Waals surface area (Å²) in [6.07, 6.45) is 0.0226. The van der Waals surface area contributed by atoms with E-state index in [1.807, 2.05) is 38.1 Å². The molecule has 3 nitrogen and oxygen atoms in total. The zero-order valence-corrected chi connectivity index (χ0v) is 14.7. The number of hydrogen-bond acceptors (Lipinski definition) is 2. The summed E-state index contributed by atoms with van der Waals surface area (Å²) in [4.78, 5) is 12.3. The minimum absolute atomic E-state index is 0.193. The van der Waals surface area contributed by atoms with Crippen molar-refractivity contribution in [2.24, 2.45) is 0 Å². The average Bonchev–Trinajstić information content (AvgIpc) is 2.50. The molecule has 0 saturated carbocycles. The molecule has 0 aliphatic heterocycles. The van der Waals surface area contributed by atoms with Gasteiger partial charge >= 0.3 is 0 Å². The monoisotopic (exact) mass is 381 g/mol. The number of hydrogen-bond donors (Lipinski definition) is 1. The predicted octanol–water partition coefficient (Wildman–Crippen LogP) is 5.21. The van der Waals surface area contributed by atoms with Gasteiger partial charge in [0, 0.05) is 10.2 Å². The van der Waals surface area contributed by atoms with Gasteiger partial charge in [0.15, 0.2) is 6.10 Å². The third-order valence-corrected chi connectivity index (χ3v) is 4.38. The Bertz CT molecular complexity index is 658. The minimum atomic E-state index is -0.551. The fourth-order valence-electron chi connectivity index (χ4n) is 1.90. The zero-order chi connectivity index (χ0) is 16.1. The van der Waals surface area contributed by atoms with Crippen LogP contribution < -0.4 is 10.1 Å². The number of halogens is 2. The van der Waals surface area contributed by atoms with Gasteiger partial charge in [-0.3, -0.25) is 4.79 Å². The van der Waals surface area contributed by atoms with Crippen LogP contribution in [-0.4, -0.2) is 12.0 Å². The number of benzene rings is 2. The lowest BCUT2D eigenvalue weighted by molar-refractivity contribution is -0.122. The summed E-state index contributed by atoms with van der Waals surface area (Å²) in [5, 5.41) is 3.37. The second-order valence-electron chi connectivity index (χ2n) is 4.95. The van der Waals surface area contributed by atoms with E-state index in [-0.39, 0.29) is 5.91 Å². The second-order valence-corrected chi connectivity index (χ2v) is 6.21. The first kappa shape index (κ1) is 16.8. The SMILES string of the molecule is CC[C@@H](Oc1ccc(C)cc1)C(=O)Nc1ccc(Br)c(Cl)c1. The van der Waals surface area contributed by atoms with Gasteiger partial charge in [0.1, 0.15) is 5.75 Å². The molecular formula is C17H17BrClNO2. The molecule has 0 aliphatic carbocycles. The van der Waals surface area contributed by atoms with Crippen LogP contribution in [-0.2, 0) is 4.79 Å². The molecule has 0 bridgehead atoms. The Kier molecular flexibility index (Phi) is 5.86. The highest BCUT2D eigenvalue weighted by Gasteiger charge is 2.18. The molecule has 1 amide bonds. The van der Waals surface area contributed by atoms with E-state index in [4.69, 9.17) is 16.3 Å². The fourth-order valence-corrected chi connectivity index (χ4v) is 2.33. The number of carbonyl (C=O) groups is 1. The third kappa shape index (κ3) is 4.49. The van der Waals surface area contributed by atoms with Gasteiger partial charge in [-0.15, -0.1) is 0 Å². The Hall–Kier alpha value is -1.52. The van der Waals surface area contributed by atoms with Crippen molar-refractivity contribution in [1.82, 2.24) is 0 Å². The topological polar surface area (TPSA) is 38.3 Å². The molecule has 1 N–H and O–H groups in total. The average molecular weight is 383 g/mol. The standard InChI is InChI=1S/C17H17BrClNO2/c1-3-16(22-13-7-4-11(2)5-8-13)17(21)20-12-6-9-14(18)15(19)10-12/h4-10,16H,3H2,1-2H3,(H,20,21)/t16-/m1/s1. The van der Waals surface area contributed by atoms with Crippen LogP contribution in [0.1, 0.15) is 18.9 Å². The molecule has 1 atom stereocenters. The fraction of sp³-hybridized carbons (Fsp3) is 0.235. The van der Waals surface area contributed by atoms with Gasteiger partial charge in [0.05, 0.1) is 5.02 Å². The molecule has 5 heteroatoms. The molecule has 0 unspecified atom stereocenters. The van der Waals surface area contributed by atoms with Gasteiger partial charge < -0.3 is 10.1 Å². The first-order chi connectivity index (χ1) is 10.5. The number of aryl methyl sites for hydroxylation is 1. The molecular weight excluding hydrogens is 366 g/mol. The van der Waals surface area contributed by atoms with Crippen molar-refractivity contribution in [3.63, 3.8) is 0 Å². The number of ether oxygens (including phenoxy) is 1. The van der Waals surface area contributed by atoms with E-state index < -0.39 is 6.10 Å². The van der Waals surface area contributed by atoms with Gasteiger partial charge in [0.25, 0.3) is 5.91 Å². The maximum Gasteiger partial charge on any atom is 0.265 e. The normalized spacial score (nSPS) is 11.8. The molecule has 2 aromatic rings. The smallest absolute Gasteiger partial charge is 0.265 e. The van der Waals surface area contributed by atoms with E-state index in [0.29, 0.717) is 22.9 Å². The van der Waals surface area contributed by atoms with Gasteiger partial charge in [-0.25, -0.2) is 0 Å². The minimum Gasteiger partial charge on any atom is -0.481 e. The lowest BCUT2D eigenvalue weighted by Crippen LogP contribution is -2.32. The zero-order valence-electron chi connectivity index (χ0n) is 12.4. The highest BCUT2D eigenvalue weighted by Crippen LogP contribution is 2.25. The summed E-state index contributed by atoms with van der Waals surface area (Å²) < 4.78 is 6.54. The summed E-state index contributed by atoms with van der Waals surface area (Å²) in [6.45, 7) is 3.91. The molecule has 0 radical (unpaired) electrons. The van der Waals surface area contributed by atoms with E-state index in [1.54, 1.807) is 18.2 Å². The van der Waals surface area contributed by atoms with Crippen molar-refractivity contribution in [3.05, 3.63) is 57.5 Å². The summed E-state index contributed by atoms with van der Waals surface area (Å²) in [6, 6.07) is 12.9. The van der Waals surface area contributed by atoms with Gasteiger partial charge in [0.2, 0.25) is 0 Å². The molecule has 0 saturated heterocycles. The van der Waals surface area contributed by atoms with Crippen LogP contribution in [0.15, 0.2) is 46.9 Å². The number of nitrogens with one attached hydrogen (secondary N) is 1. The molecule has 0 aromatic heterocycles. The lowest BCUT2D eigenvalue weighted by atomic mass is 10.2. The van der Waals surface area contributed by atoms with E-state index >= 15 is 0 Å². The van der Waals surface area contributed by atoms with Crippen molar-refractivity contribution < 1.29 is 9.53 Å². The van der Waals surface area contributed by atoms with Gasteiger partial charge in [-0.05, 0) is 59.6 Å². The Morgan fingerprint density at radius 1 is 1.27 bits per heavy atom. The van der Waals surface area contributed by atoms with Crippen LogP contribution in [0.5, 0.6) is 5.75 Å². The van der Waals surface area contributed by atoms with Crippen LogP contribution in [0, 0.1) is 6.92 Å². The number of amides is 1. The number of rotatable bonds is 5. The van der Waals surface area contributed by atoms with E-state index in [9.17, 15) is 4.79 Å². The number of carbonyl (C=O) groups excluding carboxylic acids is 1. The van der Waals surface area contributed by atoms with Crippen LogP contribution >= 0.6 is 27.5 Å². The van der Waals surface area contributed by atoms with Gasteiger partial charge in [-0.1, -0.05) is 36.2 Å². The molecule has 116 valence electrons. The molecule has 0 spiro atoms. The number of anilines is 1.